The van der Waals surface area contributed by atoms with Crippen molar-refractivity contribution < 1.29 is 9.63 Å². The molecule has 0 aliphatic rings. The van der Waals surface area contributed by atoms with Gasteiger partial charge in [0.25, 0.3) is 0 Å². The van der Waals surface area contributed by atoms with E-state index < -0.39 is 5.97 Å². The SMILES string of the molecule is Cl.N#CC(=Cc1ccccc1)C(=O)ON=[N+]=[N-]. The Labute approximate surface area is 103 Å². The van der Waals surface area contributed by atoms with Crippen LogP contribution < -0.4 is 0 Å². The third kappa shape index (κ3) is 4.71. The zero-order chi connectivity index (χ0) is 11.8. The van der Waals surface area contributed by atoms with Gasteiger partial charge in [-0.1, -0.05) is 30.3 Å². The van der Waals surface area contributed by atoms with Crippen molar-refractivity contribution in [1.82, 2.24) is 0 Å². The molecular formula is C10H7ClN4O2. The second-order valence-corrected chi connectivity index (χ2v) is 2.63. The molecule has 0 heterocycles. The number of nitriles is 1. The fourth-order valence-corrected chi connectivity index (χ4v) is 0.957. The molecule has 0 N–H and O–H groups in total. The molecule has 6 nitrogen and oxygen atoms in total. The predicted octanol–water partition coefficient (Wildman–Crippen LogP) is 2.78. The standard InChI is InChI=1S/C10H6N4O2.ClH/c11-7-9(10(15)16-14-13-12)6-8-4-2-1-3-5-8;/h1-6H;1H. The van der Waals surface area contributed by atoms with Crippen molar-refractivity contribution in [2.24, 2.45) is 5.28 Å². The zero-order valence-electron chi connectivity index (χ0n) is 8.48. The van der Waals surface area contributed by atoms with Gasteiger partial charge in [0, 0.05) is 4.91 Å². The van der Waals surface area contributed by atoms with Gasteiger partial charge in [0.15, 0.2) is 0 Å². The summed E-state index contributed by atoms with van der Waals surface area (Å²) in [7, 11) is 0. The van der Waals surface area contributed by atoms with Crippen LogP contribution in [0.5, 0.6) is 0 Å². The number of rotatable bonds is 3. The summed E-state index contributed by atoms with van der Waals surface area (Å²) in [5.41, 5.74) is 8.38. The minimum atomic E-state index is -0.982. The molecule has 0 aliphatic carbocycles. The van der Waals surface area contributed by atoms with Gasteiger partial charge in [-0.05, 0) is 17.2 Å². The van der Waals surface area contributed by atoms with Crippen molar-refractivity contribution in [2.45, 2.75) is 0 Å². The van der Waals surface area contributed by atoms with Crippen molar-refractivity contribution in [3.63, 3.8) is 0 Å². The zero-order valence-corrected chi connectivity index (χ0v) is 9.29. The number of halogens is 1. The third-order valence-electron chi connectivity index (χ3n) is 1.61. The first-order chi connectivity index (χ1) is 7.77. The van der Waals surface area contributed by atoms with Crippen LogP contribution in [0.2, 0.25) is 0 Å². The summed E-state index contributed by atoms with van der Waals surface area (Å²) in [6, 6.07) is 10.4. The highest BCUT2D eigenvalue weighted by Gasteiger charge is 2.09. The van der Waals surface area contributed by atoms with E-state index >= 15 is 0 Å². The number of benzene rings is 1. The average molecular weight is 251 g/mol. The van der Waals surface area contributed by atoms with Crippen molar-refractivity contribution in [3.05, 3.63) is 51.9 Å². The smallest absolute Gasteiger partial charge is 0.354 e. The van der Waals surface area contributed by atoms with Gasteiger partial charge in [0.05, 0.1) is 0 Å². The Balaban J connectivity index is 0.00000256. The third-order valence-corrected chi connectivity index (χ3v) is 1.61. The Bertz CT molecular complexity index is 501. The summed E-state index contributed by atoms with van der Waals surface area (Å²) in [5, 5.41) is 11.3. The summed E-state index contributed by atoms with van der Waals surface area (Å²) in [5.74, 6) is -0.982. The Morgan fingerprint density at radius 2 is 2.12 bits per heavy atom. The molecule has 0 fully saturated rings. The van der Waals surface area contributed by atoms with Crippen LogP contribution in [-0.2, 0) is 9.63 Å². The molecule has 0 unspecified atom stereocenters. The highest BCUT2D eigenvalue weighted by atomic mass is 35.5. The topological polar surface area (TPSA) is 98.9 Å². The molecule has 86 valence electrons. The Kier molecular flexibility index (Phi) is 6.63. The van der Waals surface area contributed by atoms with Crippen LogP contribution in [0.25, 0.3) is 16.5 Å². The summed E-state index contributed by atoms with van der Waals surface area (Å²) in [4.78, 5) is 17.5. The highest BCUT2D eigenvalue weighted by molar-refractivity contribution is 5.97. The van der Waals surface area contributed by atoms with Crippen molar-refractivity contribution >= 4 is 24.5 Å². The largest absolute Gasteiger partial charge is 0.360 e. The van der Waals surface area contributed by atoms with Crippen LogP contribution in [-0.4, -0.2) is 5.97 Å². The molecule has 0 aliphatic heterocycles. The van der Waals surface area contributed by atoms with E-state index in [1.54, 1.807) is 30.3 Å². The number of azide groups is 1. The van der Waals surface area contributed by atoms with E-state index in [4.69, 9.17) is 10.8 Å². The van der Waals surface area contributed by atoms with Crippen molar-refractivity contribution in [3.8, 4) is 6.07 Å². The first kappa shape index (κ1) is 14.5. The van der Waals surface area contributed by atoms with Gasteiger partial charge < -0.3 is 4.84 Å². The lowest BCUT2D eigenvalue weighted by molar-refractivity contribution is -0.138. The lowest BCUT2D eigenvalue weighted by Crippen LogP contribution is -2.01. The molecule has 1 rings (SSSR count). The van der Waals surface area contributed by atoms with Crippen molar-refractivity contribution in [2.75, 3.05) is 0 Å². The number of carbonyl (C=O) groups is 1. The number of hydrogen-bond acceptors (Lipinski definition) is 4. The van der Waals surface area contributed by atoms with Gasteiger partial charge in [0.2, 0.25) is 0 Å². The minimum absolute atomic E-state index is 0. The van der Waals surface area contributed by atoms with E-state index in [0.717, 1.165) is 0 Å². The maximum atomic E-state index is 11.2. The van der Waals surface area contributed by atoms with Gasteiger partial charge in [0.1, 0.15) is 16.9 Å². The lowest BCUT2D eigenvalue weighted by Gasteiger charge is -1.95. The average Bonchev–Trinajstić information content (AvgIpc) is 2.34. The van der Waals surface area contributed by atoms with Gasteiger partial charge in [-0.3, -0.25) is 0 Å². The fraction of sp³-hybridized carbons (Fsp3) is 0. The van der Waals surface area contributed by atoms with Gasteiger partial charge >= 0.3 is 5.97 Å². The van der Waals surface area contributed by atoms with E-state index in [-0.39, 0.29) is 18.0 Å². The van der Waals surface area contributed by atoms with Crippen LogP contribution in [0, 0.1) is 11.3 Å². The van der Waals surface area contributed by atoms with E-state index in [1.807, 2.05) is 6.07 Å². The molecule has 17 heavy (non-hydrogen) atoms. The van der Waals surface area contributed by atoms with Crippen LogP contribution in [0.1, 0.15) is 5.56 Å². The molecule has 0 spiro atoms. The summed E-state index contributed by atoms with van der Waals surface area (Å²) < 4.78 is 0. The Hall–Kier alpha value is -2.48. The molecule has 0 bridgehead atoms. The maximum absolute atomic E-state index is 11.2. The fourth-order valence-electron chi connectivity index (χ4n) is 0.957. The molecule has 0 amide bonds. The molecule has 0 radical (unpaired) electrons. The summed E-state index contributed by atoms with van der Waals surface area (Å²) in [6.07, 6.45) is 1.34. The van der Waals surface area contributed by atoms with Crippen LogP contribution in [0.3, 0.4) is 0 Å². The number of carbonyl (C=O) groups excluding carboxylic acids is 1. The molecule has 1 aromatic carbocycles. The van der Waals surface area contributed by atoms with Crippen LogP contribution >= 0.6 is 12.4 Å². The first-order valence-electron chi connectivity index (χ1n) is 4.20. The molecule has 1 aromatic rings. The molecule has 0 saturated carbocycles. The molecule has 0 saturated heterocycles. The molecule has 0 aromatic heterocycles. The highest BCUT2D eigenvalue weighted by Crippen LogP contribution is 2.07. The second-order valence-electron chi connectivity index (χ2n) is 2.63. The molecule has 7 heteroatoms. The van der Waals surface area contributed by atoms with E-state index in [2.05, 4.69) is 15.0 Å². The van der Waals surface area contributed by atoms with Crippen LogP contribution in [0.15, 0.2) is 41.2 Å². The van der Waals surface area contributed by atoms with E-state index in [9.17, 15) is 4.79 Å². The summed E-state index contributed by atoms with van der Waals surface area (Å²) >= 11 is 0. The van der Waals surface area contributed by atoms with Gasteiger partial charge in [-0.25, -0.2) is 4.79 Å². The first-order valence-corrected chi connectivity index (χ1v) is 4.20. The number of nitrogens with zero attached hydrogens (tertiary/aromatic N) is 4. The lowest BCUT2D eigenvalue weighted by atomic mass is 10.1. The van der Waals surface area contributed by atoms with E-state index in [1.165, 1.54) is 6.08 Å². The predicted molar refractivity (Wildman–Crippen MR) is 62.5 cm³/mol. The second kappa shape index (κ2) is 7.77. The maximum Gasteiger partial charge on any atom is 0.360 e. The molecular weight excluding hydrogens is 244 g/mol. The monoisotopic (exact) mass is 250 g/mol. The van der Waals surface area contributed by atoms with Crippen LogP contribution in [0.4, 0.5) is 0 Å². The minimum Gasteiger partial charge on any atom is -0.354 e. The van der Waals surface area contributed by atoms with Gasteiger partial charge in [-0.15, -0.1) is 12.4 Å². The summed E-state index contributed by atoms with van der Waals surface area (Å²) in [6.45, 7) is 0. The normalized spacial score (nSPS) is 9.24. The Morgan fingerprint density at radius 3 is 2.65 bits per heavy atom. The van der Waals surface area contributed by atoms with E-state index in [0.29, 0.717) is 5.56 Å². The quantitative estimate of drug-likeness (QED) is 0.206. The van der Waals surface area contributed by atoms with Crippen molar-refractivity contribution in [1.29, 1.82) is 5.26 Å². The Morgan fingerprint density at radius 1 is 1.47 bits per heavy atom. The number of hydrogen-bond donors (Lipinski definition) is 0. The van der Waals surface area contributed by atoms with Gasteiger partial charge in [-0.2, -0.15) is 5.26 Å². The molecule has 0 atom stereocenters.